The summed E-state index contributed by atoms with van der Waals surface area (Å²) >= 11 is 0. The maximum atomic E-state index is 14.0. The average Bonchev–Trinajstić information content (AvgIpc) is 2.41. The third-order valence-corrected chi connectivity index (χ3v) is 4.74. The molecule has 3 unspecified atom stereocenters. The summed E-state index contributed by atoms with van der Waals surface area (Å²) in [5.41, 5.74) is 0.724. The van der Waals surface area contributed by atoms with Crippen molar-refractivity contribution in [3.8, 4) is 0 Å². The van der Waals surface area contributed by atoms with Gasteiger partial charge in [-0.1, -0.05) is 13.8 Å². The molecule has 0 amide bonds. The van der Waals surface area contributed by atoms with Crippen molar-refractivity contribution < 1.29 is 13.5 Å². The van der Waals surface area contributed by atoms with E-state index >= 15 is 0 Å². The van der Waals surface area contributed by atoms with Crippen molar-refractivity contribution in [1.29, 1.82) is 0 Å². The highest BCUT2D eigenvalue weighted by molar-refractivity contribution is 5.27. The molecule has 0 saturated heterocycles. The molecule has 1 aromatic carbocycles. The lowest BCUT2D eigenvalue weighted by molar-refractivity contribution is -0.116. The fourth-order valence-corrected chi connectivity index (χ4v) is 3.04. The second kappa shape index (κ2) is 6.01. The van der Waals surface area contributed by atoms with E-state index in [1.54, 1.807) is 6.92 Å². The predicted molar refractivity (Wildman–Crippen MR) is 80.2 cm³/mol. The van der Waals surface area contributed by atoms with Crippen LogP contribution in [0.25, 0.3) is 0 Å². The number of benzene rings is 1. The monoisotopic (exact) mass is 297 g/mol. The lowest BCUT2D eigenvalue weighted by Gasteiger charge is -2.52. The quantitative estimate of drug-likeness (QED) is 0.882. The molecule has 1 aliphatic carbocycles. The van der Waals surface area contributed by atoms with E-state index in [0.29, 0.717) is 17.7 Å². The molecule has 0 aliphatic heterocycles. The zero-order valence-corrected chi connectivity index (χ0v) is 13.5. The van der Waals surface area contributed by atoms with E-state index in [4.69, 9.17) is 4.74 Å². The van der Waals surface area contributed by atoms with Gasteiger partial charge in [-0.15, -0.1) is 0 Å². The molecule has 2 nitrogen and oxygen atoms in total. The lowest BCUT2D eigenvalue weighted by Crippen LogP contribution is -2.61. The van der Waals surface area contributed by atoms with Crippen molar-refractivity contribution in [3.63, 3.8) is 0 Å². The number of nitrogens with one attached hydrogen (secondary N) is 1. The number of hydrogen-bond acceptors (Lipinski definition) is 2. The zero-order chi connectivity index (χ0) is 15.8. The molecule has 1 saturated carbocycles. The van der Waals surface area contributed by atoms with Crippen LogP contribution in [-0.4, -0.2) is 18.8 Å². The summed E-state index contributed by atoms with van der Waals surface area (Å²) in [7, 11) is 0. The smallest absolute Gasteiger partial charge is 0.128 e. The summed E-state index contributed by atoms with van der Waals surface area (Å²) in [6, 6.07) is 2.57. The van der Waals surface area contributed by atoms with Gasteiger partial charge in [-0.25, -0.2) is 8.78 Å². The fourth-order valence-electron chi connectivity index (χ4n) is 3.04. The highest BCUT2D eigenvalue weighted by Crippen LogP contribution is 2.43. The molecular formula is C17H25F2NO. The Morgan fingerprint density at radius 2 is 2.00 bits per heavy atom. The molecule has 0 bridgehead atoms. The number of hydrogen-bond donors (Lipinski definition) is 1. The van der Waals surface area contributed by atoms with Crippen LogP contribution in [0, 0.1) is 24.0 Å². The maximum Gasteiger partial charge on any atom is 0.128 e. The summed E-state index contributed by atoms with van der Waals surface area (Å²) in [5.74, 6) is -0.715. The van der Waals surface area contributed by atoms with Gasteiger partial charge < -0.3 is 10.1 Å². The summed E-state index contributed by atoms with van der Waals surface area (Å²) < 4.78 is 33.4. The van der Waals surface area contributed by atoms with Crippen molar-refractivity contribution in [3.05, 3.63) is 34.9 Å². The first-order valence-corrected chi connectivity index (χ1v) is 7.60. The Morgan fingerprint density at radius 3 is 2.57 bits per heavy atom. The Balaban J connectivity index is 2.06. The topological polar surface area (TPSA) is 21.3 Å². The second-order valence-corrected chi connectivity index (χ2v) is 6.56. The van der Waals surface area contributed by atoms with E-state index < -0.39 is 0 Å². The molecular weight excluding hydrogens is 272 g/mol. The molecule has 21 heavy (non-hydrogen) atoms. The lowest BCUT2D eigenvalue weighted by atomic mass is 9.64. The van der Waals surface area contributed by atoms with Crippen LogP contribution in [0.15, 0.2) is 12.1 Å². The van der Waals surface area contributed by atoms with Crippen LogP contribution >= 0.6 is 0 Å². The highest BCUT2D eigenvalue weighted by Gasteiger charge is 2.49. The Bertz CT molecular complexity index is 516. The van der Waals surface area contributed by atoms with Gasteiger partial charge in [0.15, 0.2) is 0 Å². The minimum absolute atomic E-state index is 0.00396. The first-order valence-electron chi connectivity index (χ1n) is 7.60. The SMILES string of the molecule is CCOC1CC(NC(C)c2cc(F)c(C)cc2F)C1(C)C. The normalized spacial score (nSPS) is 25.5. The van der Waals surface area contributed by atoms with Crippen molar-refractivity contribution in [2.75, 3.05) is 6.61 Å². The minimum atomic E-state index is -0.361. The van der Waals surface area contributed by atoms with E-state index in [1.807, 2.05) is 13.8 Å². The summed E-state index contributed by atoms with van der Waals surface area (Å²) in [6.07, 6.45) is 1.13. The van der Waals surface area contributed by atoms with Gasteiger partial charge >= 0.3 is 0 Å². The van der Waals surface area contributed by atoms with Crippen molar-refractivity contribution >= 4 is 0 Å². The van der Waals surface area contributed by atoms with Crippen LogP contribution in [0.1, 0.15) is 51.3 Å². The van der Waals surface area contributed by atoms with Crippen molar-refractivity contribution in [2.24, 2.45) is 5.41 Å². The molecule has 4 heteroatoms. The van der Waals surface area contributed by atoms with E-state index in [-0.39, 0.29) is 35.2 Å². The van der Waals surface area contributed by atoms with Crippen LogP contribution in [0.5, 0.6) is 0 Å². The highest BCUT2D eigenvalue weighted by atomic mass is 19.1. The molecule has 1 fully saturated rings. The predicted octanol–water partition coefficient (Wildman–Crippen LogP) is 4.13. The largest absolute Gasteiger partial charge is 0.378 e. The number of halogens is 2. The third kappa shape index (κ3) is 3.11. The summed E-state index contributed by atoms with van der Waals surface area (Å²) in [4.78, 5) is 0. The molecule has 1 aromatic rings. The standard InChI is InChI=1S/C17H25F2NO/c1-6-21-16-9-15(17(16,4)5)20-11(3)12-8-13(18)10(2)7-14(12)19/h7-8,11,15-16,20H,6,9H2,1-5H3. The van der Waals surface area contributed by atoms with Crippen molar-refractivity contribution in [2.45, 2.75) is 59.2 Å². The molecule has 0 radical (unpaired) electrons. The average molecular weight is 297 g/mol. The van der Waals surface area contributed by atoms with E-state index in [2.05, 4.69) is 19.2 Å². The van der Waals surface area contributed by atoms with Gasteiger partial charge in [0.1, 0.15) is 11.6 Å². The van der Waals surface area contributed by atoms with Gasteiger partial charge in [-0.05, 0) is 44.9 Å². The molecule has 118 valence electrons. The van der Waals surface area contributed by atoms with Gasteiger partial charge in [0.05, 0.1) is 6.10 Å². The second-order valence-electron chi connectivity index (χ2n) is 6.56. The Hall–Kier alpha value is -1.00. The fraction of sp³-hybridized carbons (Fsp3) is 0.647. The molecule has 0 aromatic heterocycles. The minimum Gasteiger partial charge on any atom is -0.378 e. The first-order chi connectivity index (χ1) is 9.77. The van der Waals surface area contributed by atoms with Gasteiger partial charge in [0.25, 0.3) is 0 Å². The molecule has 3 atom stereocenters. The number of ether oxygens (including phenoxy) is 1. The maximum absolute atomic E-state index is 14.0. The molecule has 2 rings (SSSR count). The van der Waals surface area contributed by atoms with Crippen LogP contribution in [0.2, 0.25) is 0 Å². The molecule has 1 aliphatic rings. The molecule has 0 spiro atoms. The molecule has 1 N–H and O–H groups in total. The molecule has 0 heterocycles. The van der Waals surface area contributed by atoms with Crippen molar-refractivity contribution in [1.82, 2.24) is 5.32 Å². The van der Waals surface area contributed by atoms with E-state index in [1.165, 1.54) is 12.1 Å². The van der Waals surface area contributed by atoms with Crippen LogP contribution in [0.3, 0.4) is 0 Å². The number of rotatable bonds is 5. The summed E-state index contributed by atoms with van der Waals surface area (Å²) in [5, 5.41) is 3.41. The first kappa shape index (κ1) is 16.4. The van der Waals surface area contributed by atoms with Crippen LogP contribution < -0.4 is 5.32 Å². The van der Waals surface area contributed by atoms with Gasteiger partial charge in [-0.2, -0.15) is 0 Å². The van der Waals surface area contributed by atoms with Crippen LogP contribution in [0.4, 0.5) is 8.78 Å². The van der Waals surface area contributed by atoms with Gasteiger partial charge in [0.2, 0.25) is 0 Å². The Morgan fingerprint density at radius 1 is 1.33 bits per heavy atom. The Labute approximate surface area is 125 Å². The number of aryl methyl sites for hydroxylation is 1. The van der Waals surface area contributed by atoms with Crippen LogP contribution in [-0.2, 0) is 4.74 Å². The zero-order valence-electron chi connectivity index (χ0n) is 13.5. The van der Waals surface area contributed by atoms with Gasteiger partial charge in [0, 0.05) is 29.7 Å². The summed E-state index contributed by atoms with van der Waals surface area (Å²) in [6.45, 7) is 10.4. The van der Waals surface area contributed by atoms with E-state index in [0.717, 1.165) is 6.42 Å². The van der Waals surface area contributed by atoms with Gasteiger partial charge in [-0.3, -0.25) is 0 Å². The Kier molecular flexibility index (Phi) is 4.69. The van der Waals surface area contributed by atoms with E-state index in [9.17, 15) is 8.78 Å². The third-order valence-electron chi connectivity index (χ3n) is 4.74.